The number of nitrogens with one attached hydrogen (secondary N) is 1. The van der Waals surface area contributed by atoms with Gasteiger partial charge in [-0.15, -0.1) is 0 Å². The van der Waals surface area contributed by atoms with Gasteiger partial charge in [0.2, 0.25) is 5.91 Å². The van der Waals surface area contributed by atoms with Crippen molar-refractivity contribution in [3.63, 3.8) is 0 Å². The van der Waals surface area contributed by atoms with E-state index in [1.807, 2.05) is 14.7 Å². The van der Waals surface area contributed by atoms with Gasteiger partial charge in [0.05, 0.1) is 11.7 Å². The smallest absolute Gasteiger partial charge is 0.319 e. The first-order valence-corrected chi connectivity index (χ1v) is 10.0. The molecule has 1 atom stereocenters. The van der Waals surface area contributed by atoms with Crippen LogP contribution in [-0.2, 0) is 4.79 Å². The lowest BCUT2D eigenvalue weighted by molar-refractivity contribution is -0.138. The number of carbonyl (C=O) groups excluding carboxylic acids is 2. The van der Waals surface area contributed by atoms with Crippen molar-refractivity contribution in [2.75, 3.05) is 32.7 Å². The van der Waals surface area contributed by atoms with Crippen molar-refractivity contribution in [3.8, 4) is 0 Å². The molecule has 3 fully saturated rings. The molecule has 1 aromatic rings. The molecule has 3 aliphatic rings. The number of likely N-dealkylation sites (tertiary alicyclic amines) is 3. The molecule has 0 aliphatic carbocycles. The van der Waals surface area contributed by atoms with Gasteiger partial charge >= 0.3 is 6.03 Å². The van der Waals surface area contributed by atoms with E-state index < -0.39 is 0 Å². The third-order valence-electron chi connectivity index (χ3n) is 6.07. The van der Waals surface area contributed by atoms with Crippen molar-refractivity contribution in [3.05, 3.63) is 28.2 Å². The zero-order valence-electron chi connectivity index (χ0n) is 15.6. The number of piperidine rings is 1. The van der Waals surface area contributed by atoms with E-state index in [0.717, 1.165) is 63.9 Å². The summed E-state index contributed by atoms with van der Waals surface area (Å²) in [5.41, 5.74) is 0.520. The van der Waals surface area contributed by atoms with Crippen molar-refractivity contribution in [1.82, 2.24) is 24.9 Å². The van der Waals surface area contributed by atoms with Crippen LogP contribution in [0.25, 0.3) is 0 Å². The Bertz CT molecular complexity index is 729. The van der Waals surface area contributed by atoms with E-state index in [2.05, 4.69) is 10.2 Å². The lowest BCUT2D eigenvalue weighted by Gasteiger charge is -2.36. The van der Waals surface area contributed by atoms with Gasteiger partial charge in [-0.05, 0) is 44.6 Å². The molecule has 0 radical (unpaired) electrons. The fourth-order valence-corrected chi connectivity index (χ4v) is 4.54. The Morgan fingerprint density at radius 1 is 0.926 bits per heavy atom. The third-order valence-corrected chi connectivity index (χ3v) is 6.07. The van der Waals surface area contributed by atoms with Crippen LogP contribution in [0.15, 0.2) is 16.9 Å². The van der Waals surface area contributed by atoms with Crippen LogP contribution in [0.1, 0.15) is 50.3 Å². The number of amides is 3. The van der Waals surface area contributed by atoms with Gasteiger partial charge < -0.3 is 14.7 Å². The highest BCUT2D eigenvalue weighted by Gasteiger charge is 2.37. The molecule has 3 amide bonds. The molecule has 0 saturated carbocycles. The summed E-state index contributed by atoms with van der Waals surface area (Å²) in [4.78, 5) is 42.6. The quantitative estimate of drug-likeness (QED) is 0.848. The number of H-pyrrole nitrogens is 1. The van der Waals surface area contributed by atoms with Gasteiger partial charge in [0, 0.05) is 44.7 Å². The van der Waals surface area contributed by atoms with Crippen LogP contribution < -0.4 is 5.56 Å². The Hall–Kier alpha value is -2.38. The van der Waals surface area contributed by atoms with Gasteiger partial charge in [-0.3, -0.25) is 9.59 Å². The van der Waals surface area contributed by atoms with Gasteiger partial charge in [-0.25, -0.2) is 9.89 Å². The maximum absolute atomic E-state index is 13.1. The van der Waals surface area contributed by atoms with Crippen LogP contribution in [-0.4, -0.2) is 69.6 Å². The molecule has 4 rings (SSSR count). The van der Waals surface area contributed by atoms with Crippen molar-refractivity contribution in [2.45, 2.75) is 44.6 Å². The van der Waals surface area contributed by atoms with E-state index in [1.54, 1.807) is 6.07 Å². The highest BCUT2D eigenvalue weighted by atomic mass is 16.2. The van der Waals surface area contributed by atoms with Crippen molar-refractivity contribution in [2.24, 2.45) is 5.92 Å². The Kier molecular flexibility index (Phi) is 5.13. The topological polar surface area (TPSA) is 89.6 Å². The molecular weight excluding hydrogens is 346 g/mol. The maximum atomic E-state index is 13.1. The highest BCUT2D eigenvalue weighted by Crippen LogP contribution is 2.33. The zero-order valence-corrected chi connectivity index (χ0v) is 15.6. The summed E-state index contributed by atoms with van der Waals surface area (Å²) >= 11 is 0. The summed E-state index contributed by atoms with van der Waals surface area (Å²) in [5, 5.41) is 6.60. The van der Waals surface area contributed by atoms with Crippen LogP contribution in [0.5, 0.6) is 0 Å². The van der Waals surface area contributed by atoms with Gasteiger partial charge in [0.1, 0.15) is 0 Å². The summed E-state index contributed by atoms with van der Waals surface area (Å²) in [6.45, 7) is 3.76. The first-order chi connectivity index (χ1) is 13.1. The molecule has 8 nitrogen and oxygen atoms in total. The van der Waals surface area contributed by atoms with Crippen molar-refractivity contribution >= 4 is 11.9 Å². The second-order valence-corrected chi connectivity index (χ2v) is 7.77. The molecule has 0 spiro atoms. The van der Waals surface area contributed by atoms with E-state index in [0.29, 0.717) is 13.1 Å². The number of carbonyl (C=O) groups is 2. The number of nitrogens with zero attached hydrogens (tertiary/aromatic N) is 4. The van der Waals surface area contributed by atoms with E-state index in [1.165, 1.54) is 6.07 Å². The largest absolute Gasteiger partial charge is 0.334 e. The van der Waals surface area contributed by atoms with Gasteiger partial charge in [-0.1, -0.05) is 0 Å². The molecule has 4 heterocycles. The summed E-state index contributed by atoms with van der Waals surface area (Å²) in [6, 6.07) is 3.26. The molecule has 0 bridgehead atoms. The molecule has 27 heavy (non-hydrogen) atoms. The second-order valence-electron chi connectivity index (χ2n) is 7.77. The van der Waals surface area contributed by atoms with Crippen LogP contribution in [0, 0.1) is 5.92 Å². The summed E-state index contributed by atoms with van der Waals surface area (Å²) in [5.74, 6) is 0.134. The summed E-state index contributed by atoms with van der Waals surface area (Å²) in [6.07, 6.45) is 5.45. The van der Waals surface area contributed by atoms with E-state index >= 15 is 0 Å². The van der Waals surface area contributed by atoms with Crippen LogP contribution in [0.3, 0.4) is 0 Å². The SMILES string of the molecule is O=C(N1CCCC1)N1CCC(C(=O)N2CCCC2c2ccc(=O)[nH]n2)CC1. The lowest BCUT2D eigenvalue weighted by Crippen LogP contribution is -2.48. The average molecular weight is 373 g/mol. The lowest BCUT2D eigenvalue weighted by atomic mass is 9.95. The fourth-order valence-electron chi connectivity index (χ4n) is 4.54. The minimum atomic E-state index is -0.232. The Labute approximate surface area is 158 Å². The molecule has 1 N–H and O–H groups in total. The number of aromatic nitrogens is 2. The molecule has 3 aliphatic heterocycles. The average Bonchev–Trinajstić information content (AvgIpc) is 3.40. The Morgan fingerprint density at radius 2 is 1.63 bits per heavy atom. The first-order valence-electron chi connectivity index (χ1n) is 10.0. The number of aromatic amines is 1. The first kappa shape index (κ1) is 18.0. The van der Waals surface area contributed by atoms with Crippen molar-refractivity contribution in [1.29, 1.82) is 0 Å². The molecule has 146 valence electrons. The minimum Gasteiger partial charge on any atom is -0.334 e. The minimum absolute atomic E-state index is 0.0315. The number of hydrogen-bond acceptors (Lipinski definition) is 4. The highest BCUT2D eigenvalue weighted by molar-refractivity contribution is 5.80. The van der Waals surface area contributed by atoms with E-state index in [-0.39, 0.29) is 29.5 Å². The molecule has 1 aromatic heterocycles. The Morgan fingerprint density at radius 3 is 2.30 bits per heavy atom. The zero-order chi connectivity index (χ0) is 18.8. The third kappa shape index (κ3) is 3.70. The predicted molar refractivity (Wildman–Crippen MR) is 99.0 cm³/mol. The maximum Gasteiger partial charge on any atom is 0.319 e. The molecule has 1 unspecified atom stereocenters. The van der Waals surface area contributed by atoms with Crippen LogP contribution in [0.2, 0.25) is 0 Å². The molecule has 3 saturated heterocycles. The Balaban J connectivity index is 1.36. The van der Waals surface area contributed by atoms with E-state index in [9.17, 15) is 14.4 Å². The van der Waals surface area contributed by atoms with Gasteiger partial charge in [0.25, 0.3) is 5.56 Å². The molecule has 0 aromatic carbocycles. The summed E-state index contributed by atoms with van der Waals surface area (Å²) in [7, 11) is 0. The van der Waals surface area contributed by atoms with Crippen LogP contribution >= 0.6 is 0 Å². The van der Waals surface area contributed by atoms with Gasteiger partial charge in [-0.2, -0.15) is 5.10 Å². The number of rotatable bonds is 2. The normalized spacial score (nSPS) is 23.9. The van der Waals surface area contributed by atoms with Crippen molar-refractivity contribution < 1.29 is 9.59 Å². The number of urea groups is 1. The standard InChI is InChI=1S/C19H27N5O3/c25-17-6-5-15(20-21-17)16-4-3-11-24(16)18(26)14-7-12-23(13-8-14)19(27)22-9-1-2-10-22/h5-6,14,16H,1-4,7-13H2,(H,21,25). The predicted octanol–water partition coefficient (Wildman–Crippen LogP) is 1.36. The monoisotopic (exact) mass is 373 g/mol. The summed E-state index contributed by atoms with van der Waals surface area (Å²) < 4.78 is 0. The molecular formula is C19H27N5O3. The van der Waals surface area contributed by atoms with Crippen LogP contribution in [0.4, 0.5) is 4.79 Å². The number of hydrogen-bond donors (Lipinski definition) is 1. The fraction of sp³-hybridized carbons (Fsp3) is 0.684. The van der Waals surface area contributed by atoms with E-state index in [4.69, 9.17) is 0 Å². The van der Waals surface area contributed by atoms with Gasteiger partial charge in [0.15, 0.2) is 0 Å². The second kappa shape index (κ2) is 7.70. The molecule has 8 heteroatoms.